The van der Waals surface area contributed by atoms with Gasteiger partial charge in [0.05, 0.1) is 0 Å². The van der Waals surface area contributed by atoms with Gasteiger partial charge in [-0.1, -0.05) is 30.3 Å². The second kappa shape index (κ2) is 6.91. The molecule has 1 fully saturated rings. The molecule has 1 aromatic rings. The molecule has 2 rings (SSSR count). The minimum atomic E-state index is -0.662. The highest BCUT2D eigenvalue weighted by Gasteiger charge is 2.38. The van der Waals surface area contributed by atoms with Gasteiger partial charge in [-0.15, -0.1) is 0 Å². The van der Waals surface area contributed by atoms with Crippen molar-refractivity contribution in [2.45, 2.75) is 25.5 Å². The van der Waals surface area contributed by atoms with Crippen molar-refractivity contribution in [1.29, 1.82) is 0 Å². The number of carbonyl (C=O) groups is 2. The van der Waals surface area contributed by atoms with Crippen LogP contribution < -0.4 is 0 Å². The highest BCUT2D eigenvalue weighted by atomic mass is 16.6. The van der Waals surface area contributed by atoms with Crippen molar-refractivity contribution in [2.75, 3.05) is 13.3 Å². The molecule has 0 bridgehead atoms. The zero-order valence-electron chi connectivity index (χ0n) is 11.0. The SMILES string of the molecule is O=C1OCN(C(=O)OCc2ccccc2)[C@@H]1CCCO. The minimum Gasteiger partial charge on any atom is -0.444 e. The van der Waals surface area contributed by atoms with Gasteiger partial charge in [0.25, 0.3) is 0 Å². The lowest BCUT2D eigenvalue weighted by Crippen LogP contribution is -2.38. The molecular weight excluding hydrogens is 262 g/mol. The molecule has 0 unspecified atom stereocenters. The Morgan fingerprint density at radius 3 is 2.85 bits per heavy atom. The summed E-state index contributed by atoms with van der Waals surface area (Å²) >= 11 is 0. The van der Waals surface area contributed by atoms with Crippen molar-refractivity contribution < 1.29 is 24.2 Å². The second-order valence-electron chi connectivity index (χ2n) is 4.48. The number of hydrogen-bond acceptors (Lipinski definition) is 5. The number of ether oxygens (including phenoxy) is 2. The van der Waals surface area contributed by atoms with Crippen LogP contribution >= 0.6 is 0 Å². The molecule has 0 saturated carbocycles. The molecule has 1 aliphatic heterocycles. The number of hydrogen-bond donors (Lipinski definition) is 1. The molecule has 1 saturated heterocycles. The molecule has 1 aromatic carbocycles. The molecule has 1 atom stereocenters. The molecule has 6 nitrogen and oxygen atoms in total. The zero-order chi connectivity index (χ0) is 14.4. The molecular formula is C14H17NO5. The van der Waals surface area contributed by atoms with E-state index in [0.29, 0.717) is 12.8 Å². The summed E-state index contributed by atoms with van der Waals surface area (Å²) in [6.45, 7) is 0.0241. The summed E-state index contributed by atoms with van der Waals surface area (Å²) in [5, 5.41) is 8.80. The molecule has 20 heavy (non-hydrogen) atoms. The fraction of sp³-hybridized carbons (Fsp3) is 0.429. The predicted octanol–water partition coefficient (Wildman–Crippen LogP) is 1.28. The zero-order valence-corrected chi connectivity index (χ0v) is 11.0. The van der Waals surface area contributed by atoms with Crippen LogP contribution in [0.3, 0.4) is 0 Å². The van der Waals surface area contributed by atoms with Crippen LogP contribution in [0.2, 0.25) is 0 Å². The van der Waals surface area contributed by atoms with Crippen LogP contribution in [0.15, 0.2) is 30.3 Å². The van der Waals surface area contributed by atoms with E-state index in [4.69, 9.17) is 14.6 Å². The molecule has 1 heterocycles. The van der Waals surface area contributed by atoms with Gasteiger partial charge >= 0.3 is 12.1 Å². The van der Waals surface area contributed by atoms with Crippen LogP contribution in [0.4, 0.5) is 4.79 Å². The van der Waals surface area contributed by atoms with Gasteiger partial charge in [0.15, 0.2) is 6.73 Å². The Morgan fingerprint density at radius 2 is 2.15 bits per heavy atom. The van der Waals surface area contributed by atoms with E-state index in [1.165, 1.54) is 4.90 Å². The number of carbonyl (C=O) groups excluding carboxylic acids is 2. The first kappa shape index (κ1) is 14.3. The van der Waals surface area contributed by atoms with E-state index in [2.05, 4.69) is 0 Å². The summed E-state index contributed by atoms with van der Waals surface area (Å²) in [7, 11) is 0. The van der Waals surface area contributed by atoms with Crippen LogP contribution in [0, 0.1) is 0 Å². The average molecular weight is 279 g/mol. The third-order valence-electron chi connectivity index (χ3n) is 3.07. The van der Waals surface area contributed by atoms with Gasteiger partial charge in [0, 0.05) is 6.61 Å². The smallest absolute Gasteiger partial charge is 0.413 e. The standard InChI is InChI=1S/C14H17NO5/c16-8-4-7-12-13(17)20-10-15(12)14(18)19-9-11-5-2-1-3-6-11/h1-3,5-6,12,16H,4,7-10H2/t12-/m1/s1. The summed E-state index contributed by atoms with van der Waals surface area (Å²) < 4.78 is 10.0. The van der Waals surface area contributed by atoms with Crippen molar-refractivity contribution >= 4 is 12.1 Å². The lowest BCUT2D eigenvalue weighted by Gasteiger charge is -2.19. The van der Waals surface area contributed by atoms with Gasteiger partial charge in [-0.25, -0.2) is 9.59 Å². The maximum atomic E-state index is 11.9. The van der Waals surface area contributed by atoms with Gasteiger partial charge in [-0.05, 0) is 18.4 Å². The Balaban J connectivity index is 1.89. The molecule has 1 aliphatic rings. The number of nitrogens with zero attached hydrogens (tertiary/aromatic N) is 1. The van der Waals surface area contributed by atoms with Gasteiger partial charge < -0.3 is 14.6 Å². The molecule has 0 aliphatic carbocycles. The molecule has 6 heteroatoms. The van der Waals surface area contributed by atoms with Gasteiger partial charge in [-0.2, -0.15) is 0 Å². The average Bonchev–Trinajstić information content (AvgIpc) is 2.85. The second-order valence-corrected chi connectivity index (χ2v) is 4.48. The lowest BCUT2D eigenvalue weighted by atomic mass is 10.1. The molecule has 108 valence electrons. The number of aliphatic hydroxyl groups is 1. The van der Waals surface area contributed by atoms with Gasteiger partial charge in [0.2, 0.25) is 0 Å². The maximum absolute atomic E-state index is 11.9. The first-order valence-electron chi connectivity index (χ1n) is 6.47. The van der Waals surface area contributed by atoms with Crippen LogP contribution in [-0.4, -0.2) is 41.4 Å². The highest BCUT2D eigenvalue weighted by Crippen LogP contribution is 2.18. The Kier molecular flexibility index (Phi) is 4.95. The van der Waals surface area contributed by atoms with Crippen LogP contribution in [0.1, 0.15) is 18.4 Å². The Bertz CT molecular complexity index is 462. The number of esters is 1. The largest absolute Gasteiger partial charge is 0.444 e. The van der Waals surface area contributed by atoms with Crippen LogP contribution in [0.25, 0.3) is 0 Å². The van der Waals surface area contributed by atoms with Crippen LogP contribution in [-0.2, 0) is 20.9 Å². The highest BCUT2D eigenvalue weighted by molar-refractivity contribution is 5.83. The van der Waals surface area contributed by atoms with Crippen molar-refractivity contribution in [3.8, 4) is 0 Å². The summed E-state index contributed by atoms with van der Waals surface area (Å²) in [6.07, 6.45) is 0.223. The van der Waals surface area contributed by atoms with Crippen molar-refractivity contribution in [2.24, 2.45) is 0 Å². The van der Waals surface area contributed by atoms with E-state index in [-0.39, 0.29) is 19.9 Å². The number of amides is 1. The molecule has 0 spiro atoms. The Morgan fingerprint density at radius 1 is 1.40 bits per heavy atom. The van der Waals surface area contributed by atoms with E-state index in [1.54, 1.807) is 0 Å². The predicted molar refractivity (Wildman–Crippen MR) is 69.5 cm³/mol. The Labute approximate surface area is 116 Å². The Hall–Kier alpha value is -2.08. The fourth-order valence-corrected chi connectivity index (χ4v) is 1.99. The normalized spacial score (nSPS) is 17.9. The monoisotopic (exact) mass is 279 g/mol. The number of aliphatic hydroxyl groups excluding tert-OH is 1. The van der Waals surface area contributed by atoms with Gasteiger partial charge in [0.1, 0.15) is 12.6 Å². The first-order chi connectivity index (χ1) is 9.72. The lowest BCUT2D eigenvalue weighted by molar-refractivity contribution is -0.139. The number of cyclic esters (lactones) is 1. The van der Waals surface area contributed by atoms with Crippen molar-refractivity contribution in [3.05, 3.63) is 35.9 Å². The van der Waals surface area contributed by atoms with Crippen molar-refractivity contribution in [1.82, 2.24) is 4.90 Å². The first-order valence-corrected chi connectivity index (χ1v) is 6.47. The van der Waals surface area contributed by atoms with E-state index in [1.807, 2.05) is 30.3 Å². The topological polar surface area (TPSA) is 76.1 Å². The fourth-order valence-electron chi connectivity index (χ4n) is 1.99. The summed E-state index contributed by atoms with van der Waals surface area (Å²) in [6, 6.07) is 8.63. The maximum Gasteiger partial charge on any atom is 0.413 e. The third-order valence-corrected chi connectivity index (χ3v) is 3.07. The number of benzene rings is 1. The molecule has 0 radical (unpaired) electrons. The van der Waals surface area contributed by atoms with E-state index in [0.717, 1.165) is 5.56 Å². The summed E-state index contributed by atoms with van der Waals surface area (Å²) in [5.74, 6) is -0.449. The number of rotatable bonds is 5. The van der Waals surface area contributed by atoms with E-state index in [9.17, 15) is 9.59 Å². The van der Waals surface area contributed by atoms with E-state index >= 15 is 0 Å². The van der Waals surface area contributed by atoms with Crippen molar-refractivity contribution in [3.63, 3.8) is 0 Å². The summed E-state index contributed by atoms with van der Waals surface area (Å²) in [5.41, 5.74) is 0.874. The minimum absolute atomic E-state index is 0.0311. The molecule has 1 amide bonds. The van der Waals surface area contributed by atoms with Crippen LogP contribution in [0.5, 0.6) is 0 Å². The molecule has 1 N–H and O–H groups in total. The van der Waals surface area contributed by atoms with Gasteiger partial charge in [-0.3, -0.25) is 4.90 Å². The molecule has 0 aromatic heterocycles. The third kappa shape index (κ3) is 3.48. The van der Waals surface area contributed by atoms with E-state index < -0.39 is 18.1 Å². The summed E-state index contributed by atoms with van der Waals surface area (Å²) in [4.78, 5) is 24.7. The quantitative estimate of drug-likeness (QED) is 0.822.